The Balaban J connectivity index is 2.52. The number of alkyl halides is 3. The highest BCUT2D eigenvalue weighted by Gasteiger charge is 2.50. The van der Waals surface area contributed by atoms with E-state index in [2.05, 4.69) is 5.32 Å². The maximum absolute atomic E-state index is 13.7. The number of nitrogens with zero attached hydrogens (tertiary/aromatic N) is 1. The lowest BCUT2D eigenvalue weighted by Crippen LogP contribution is -2.49. The van der Waals surface area contributed by atoms with Gasteiger partial charge in [-0.1, -0.05) is 0 Å². The zero-order valence-electron chi connectivity index (χ0n) is 11.4. The molecule has 5 nitrogen and oxygen atoms in total. The summed E-state index contributed by atoms with van der Waals surface area (Å²) < 4.78 is 90.7. The zero-order chi connectivity index (χ0) is 17.4. The highest BCUT2D eigenvalue weighted by atomic mass is 32.2. The Bertz CT molecular complexity index is 720. The minimum atomic E-state index is -5.02. The second kappa shape index (κ2) is 6.04. The van der Waals surface area contributed by atoms with Crippen LogP contribution < -0.4 is 5.32 Å². The van der Waals surface area contributed by atoms with E-state index in [1.807, 2.05) is 0 Å². The summed E-state index contributed by atoms with van der Waals surface area (Å²) in [6, 6.07) is -1.19. The van der Waals surface area contributed by atoms with Crippen LogP contribution >= 0.6 is 0 Å². The fourth-order valence-corrected chi connectivity index (χ4v) is 3.85. The lowest BCUT2D eigenvalue weighted by atomic mass is 10.2. The van der Waals surface area contributed by atoms with Crippen molar-refractivity contribution in [3.8, 4) is 0 Å². The molecule has 0 aliphatic carbocycles. The van der Waals surface area contributed by atoms with Gasteiger partial charge in [0.05, 0.1) is 6.42 Å². The van der Waals surface area contributed by atoms with E-state index in [1.165, 1.54) is 0 Å². The average Bonchev–Trinajstić information content (AvgIpc) is 2.60. The van der Waals surface area contributed by atoms with Gasteiger partial charge >= 0.3 is 6.18 Å². The summed E-state index contributed by atoms with van der Waals surface area (Å²) in [7, 11) is -4.91. The summed E-state index contributed by atoms with van der Waals surface area (Å²) in [5, 5.41) is 2.13. The van der Waals surface area contributed by atoms with Crippen molar-refractivity contribution in [2.75, 3.05) is 13.1 Å². The fraction of sp³-hybridized carbons (Fsp3) is 0.417. The lowest BCUT2D eigenvalue weighted by Gasteiger charge is -2.29. The number of hydrogen-bond donors (Lipinski definition) is 1. The van der Waals surface area contributed by atoms with E-state index in [0.717, 1.165) is 0 Å². The van der Waals surface area contributed by atoms with Gasteiger partial charge in [0.25, 0.3) is 0 Å². The maximum Gasteiger partial charge on any atom is 0.405 e. The van der Waals surface area contributed by atoms with Crippen molar-refractivity contribution in [2.24, 2.45) is 0 Å². The molecule has 1 atom stereocenters. The van der Waals surface area contributed by atoms with Gasteiger partial charge < -0.3 is 5.32 Å². The summed E-state index contributed by atoms with van der Waals surface area (Å²) in [5.74, 6) is -3.54. The quantitative estimate of drug-likeness (QED) is 0.813. The SMILES string of the molecule is O=C1CC(C(F)(F)F)N(S(=O)(=O)c2ccc(F)cc2F)CCN1. The molecule has 1 aromatic rings. The number of nitrogens with one attached hydrogen (secondary N) is 1. The van der Waals surface area contributed by atoms with Crippen molar-refractivity contribution in [3.63, 3.8) is 0 Å². The Morgan fingerprint density at radius 3 is 2.43 bits per heavy atom. The predicted molar refractivity (Wildman–Crippen MR) is 67.7 cm³/mol. The number of halogens is 5. The van der Waals surface area contributed by atoms with Crippen molar-refractivity contribution in [2.45, 2.75) is 23.5 Å². The van der Waals surface area contributed by atoms with Crippen LogP contribution in [0.1, 0.15) is 6.42 Å². The standard InChI is InChI=1S/C12H11F5N2O3S/c13-7-1-2-9(8(14)5-7)23(21,22)19-4-3-18-11(20)6-10(19)12(15,16)17/h1-2,5,10H,3-4,6H2,(H,18,20). The second-order valence-electron chi connectivity index (χ2n) is 4.80. The number of rotatable bonds is 2. The van der Waals surface area contributed by atoms with Crippen molar-refractivity contribution in [1.82, 2.24) is 9.62 Å². The Hall–Kier alpha value is -1.75. The topological polar surface area (TPSA) is 66.5 Å². The summed E-state index contributed by atoms with van der Waals surface area (Å²) in [5.41, 5.74) is 0. The van der Waals surface area contributed by atoms with Crippen LogP contribution in [-0.2, 0) is 14.8 Å². The van der Waals surface area contributed by atoms with Crippen LogP contribution in [0.15, 0.2) is 23.1 Å². The highest BCUT2D eigenvalue weighted by molar-refractivity contribution is 7.89. The van der Waals surface area contributed by atoms with Crippen LogP contribution in [0.25, 0.3) is 0 Å². The first-order valence-electron chi connectivity index (χ1n) is 6.34. The van der Waals surface area contributed by atoms with Gasteiger partial charge in [-0.05, 0) is 12.1 Å². The molecule has 0 aromatic heterocycles. The molecule has 11 heteroatoms. The third-order valence-corrected chi connectivity index (χ3v) is 5.18. The van der Waals surface area contributed by atoms with Gasteiger partial charge in [-0.15, -0.1) is 0 Å². The third kappa shape index (κ3) is 3.61. The van der Waals surface area contributed by atoms with Crippen LogP contribution in [0, 0.1) is 11.6 Å². The van der Waals surface area contributed by atoms with Crippen LogP contribution in [-0.4, -0.2) is 43.9 Å². The Kier molecular flexibility index (Phi) is 4.62. The highest BCUT2D eigenvalue weighted by Crippen LogP contribution is 2.32. The predicted octanol–water partition coefficient (Wildman–Crippen LogP) is 1.41. The van der Waals surface area contributed by atoms with Crippen molar-refractivity contribution in [1.29, 1.82) is 0 Å². The third-order valence-electron chi connectivity index (χ3n) is 3.24. The molecule has 1 aliphatic heterocycles. The molecular weight excluding hydrogens is 347 g/mol. The molecule has 0 saturated carbocycles. The molecule has 0 radical (unpaired) electrons. The molecule has 1 saturated heterocycles. The van der Waals surface area contributed by atoms with Gasteiger partial charge in [-0.2, -0.15) is 17.5 Å². The molecule has 23 heavy (non-hydrogen) atoms. The number of amides is 1. The van der Waals surface area contributed by atoms with Crippen LogP contribution in [0.5, 0.6) is 0 Å². The van der Waals surface area contributed by atoms with E-state index >= 15 is 0 Å². The Morgan fingerprint density at radius 2 is 1.87 bits per heavy atom. The smallest absolute Gasteiger partial charge is 0.355 e. The van der Waals surface area contributed by atoms with Gasteiger partial charge in [0.2, 0.25) is 15.9 Å². The average molecular weight is 358 g/mol. The number of carbonyl (C=O) groups is 1. The van der Waals surface area contributed by atoms with E-state index in [9.17, 15) is 35.2 Å². The molecule has 1 N–H and O–H groups in total. The molecule has 1 amide bonds. The molecule has 0 spiro atoms. The summed E-state index contributed by atoms with van der Waals surface area (Å²) in [6.45, 7) is -1.04. The summed E-state index contributed by atoms with van der Waals surface area (Å²) in [6.07, 6.45) is -6.16. The second-order valence-corrected chi connectivity index (χ2v) is 6.66. The minimum Gasteiger partial charge on any atom is -0.355 e. The number of sulfonamides is 1. The molecule has 0 bridgehead atoms. The van der Waals surface area contributed by atoms with Gasteiger partial charge in [0, 0.05) is 19.2 Å². The molecule has 1 heterocycles. The molecule has 1 fully saturated rings. The molecule has 1 aliphatic rings. The summed E-state index contributed by atoms with van der Waals surface area (Å²) >= 11 is 0. The lowest BCUT2D eigenvalue weighted by molar-refractivity contribution is -0.173. The van der Waals surface area contributed by atoms with Crippen molar-refractivity contribution < 1.29 is 35.2 Å². The van der Waals surface area contributed by atoms with Gasteiger partial charge in [0.15, 0.2) is 0 Å². The largest absolute Gasteiger partial charge is 0.405 e. The first kappa shape index (κ1) is 17.6. The Morgan fingerprint density at radius 1 is 1.22 bits per heavy atom. The first-order valence-corrected chi connectivity index (χ1v) is 7.78. The Labute approximate surface area is 128 Å². The minimum absolute atomic E-state index is 0.0151. The zero-order valence-corrected chi connectivity index (χ0v) is 12.2. The number of carbonyl (C=O) groups excluding carboxylic acids is 1. The monoisotopic (exact) mass is 358 g/mol. The van der Waals surface area contributed by atoms with Crippen molar-refractivity contribution >= 4 is 15.9 Å². The summed E-state index contributed by atoms with van der Waals surface area (Å²) in [4.78, 5) is 10.2. The van der Waals surface area contributed by atoms with Crippen LogP contribution in [0.4, 0.5) is 22.0 Å². The fourth-order valence-electron chi connectivity index (χ4n) is 2.19. The van der Waals surface area contributed by atoms with E-state index in [-0.39, 0.29) is 16.9 Å². The van der Waals surface area contributed by atoms with E-state index < -0.39 is 57.6 Å². The molecular formula is C12H11F5N2O3S. The number of benzene rings is 1. The van der Waals surface area contributed by atoms with Crippen LogP contribution in [0.2, 0.25) is 0 Å². The van der Waals surface area contributed by atoms with Gasteiger partial charge in [-0.25, -0.2) is 17.2 Å². The van der Waals surface area contributed by atoms with Crippen molar-refractivity contribution in [3.05, 3.63) is 29.8 Å². The molecule has 128 valence electrons. The normalized spacial score (nSPS) is 20.9. The van der Waals surface area contributed by atoms with E-state index in [0.29, 0.717) is 12.1 Å². The number of hydrogen-bond acceptors (Lipinski definition) is 3. The first-order chi connectivity index (χ1) is 10.5. The molecule has 2 rings (SSSR count). The van der Waals surface area contributed by atoms with E-state index in [1.54, 1.807) is 0 Å². The molecule has 1 unspecified atom stereocenters. The van der Waals surface area contributed by atoms with Gasteiger partial charge in [0.1, 0.15) is 22.6 Å². The maximum atomic E-state index is 13.7. The van der Waals surface area contributed by atoms with Crippen LogP contribution in [0.3, 0.4) is 0 Å². The van der Waals surface area contributed by atoms with Gasteiger partial charge in [-0.3, -0.25) is 4.79 Å². The van der Waals surface area contributed by atoms with E-state index in [4.69, 9.17) is 0 Å². The molecule has 1 aromatic carbocycles.